The van der Waals surface area contributed by atoms with Crippen LogP contribution in [0.2, 0.25) is 0 Å². The topological polar surface area (TPSA) is 69.7 Å². The van der Waals surface area contributed by atoms with Crippen LogP contribution < -0.4 is 4.74 Å². The SMILES string of the molecule is CCCCCCCCCCCCS(=O)(=O)CCOc1ccc(CC=C(OP(=O)(CC)CC)C(F)(F)F)cc1. The van der Waals surface area contributed by atoms with Crippen LogP contribution in [0.15, 0.2) is 36.1 Å². The van der Waals surface area contributed by atoms with E-state index in [1.165, 1.54) is 38.5 Å². The van der Waals surface area contributed by atoms with E-state index in [1.54, 1.807) is 38.1 Å². The summed E-state index contributed by atoms with van der Waals surface area (Å²) in [4.78, 5) is 0. The van der Waals surface area contributed by atoms with Crippen molar-refractivity contribution in [1.29, 1.82) is 0 Å². The molecule has 0 radical (unpaired) electrons. The van der Waals surface area contributed by atoms with E-state index in [4.69, 9.17) is 9.26 Å². The molecule has 0 atom stereocenters. The molecule has 220 valence electrons. The Bertz CT molecular complexity index is 952. The molecule has 5 nitrogen and oxygen atoms in total. The van der Waals surface area contributed by atoms with Crippen LogP contribution in [0.25, 0.3) is 0 Å². The van der Waals surface area contributed by atoms with Crippen LogP contribution in [0.3, 0.4) is 0 Å². The van der Waals surface area contributed by atoms with E-state index >= 15 is 0 Å². The van der Waals surface area contributed by atoms with Gasteiger partial charge in [0.1, 0.15) is 12.4 Å². The molecule has 38 heavy (non-hydrogen) atoms. The van der Waals surface area contributed by atoms with Gasteiger partial charge in [-0.1, -0.05) is 90.7 Å². The smallest absolute Gasteiger partial charge is 0.449 e. The number of allylic oxidation sites excluding steroid dienone is 2. The van der Waals surface area contributed by atoms with Gasteiger partial charge in [-0.05, 0) is 36.6 Å². The minimum atomic E-state index is -4.73. The largest absolute Gasteiger partial charge is 0.493 e. The first-order valence-corrected chi connectivity index (χ1v) is 17.7. The monoisotopic (exact) mass is 582 g/mol. The maximum Gasteiger partial charge on any atom is 0.449 e. The number of sulfone groups is 1. The fourth-order valence-electron chi connectivity index (χ4n) is 3.87. The maximum atomic E-state index is 13.3. The molecule has 0 bridgehead atoms. The maximum absolute atomic E-state index is 13.3. The quantitative estimate of drug-likeness (QED) is 0.0824. The lowest BCUT2D eigenvalue weighted by Gasteiger charge is -2.20. The highest BCUT2D eigenvalue weighted by Crippen LogP contribution is 2.50. The lowest BCUT2D eigenvalue weighted by atomic mass is 10.1. The number of hydrogen-bond acceptors (Lipinski definition) is 5. The molecule has 0 heterocycles. The Labute approximate surface area is 227 Å². The Morgan fingerprint density at radius 3 is 1.87 bits per heavy atom. The summed E-state index contributed by atoms with van der Waals surface area (Å²) in [5.41, 5.74) is 0.583. The zero-order valence-electron chi connectivity index (χ0n) is 23.2. The summed E-state index contributed by atoms with van der Waals surface area (Å²) in [5, 5.41) is 0. The molecule has 1 rings (SSSR count). The highest BCUT2D eigenvalue weighted by atomic mass is 32.2. The molecule has 0 spiro atoms. The number of hydrogen-bond donors (Lipinski definition) is 0. The summed E-state index contributed by atoms with van der Waals surface area (Å²) in [6.45, 7) is 5.31. The fraction of sp³-hybridized carbons (Fsp3) is 0.714. The number of halogens is 3. The van der Waals surface area contributed by atoms with Crippen LogP contribution in [0.4, 0.5) is 13.2 Å². The van der Waals surface area contributed by atoms with Crippen molar-refractivity contribution >= 4 is 17.2 Å². The predicted molar refractivity (Wildman–Crippen MR) is 150 cm³/mol. The molecular formula is C28H46F3O5PS. The molecule has 0 fully saturated rings. The van der Waals surface area contributed by atoms with Crippen LogP contribution in [0, 0.1) is 0 Å². The summed E-state index contributed by atoms with van der Waals surface area (Å²) in [6.07, 6.45) is 7.58. The van der Waals surface area contributed by atoms with Gasteiger partial charge < -0.3 is 9.26 Å². The summed E-state index contributed by atoms with van der Waals surface area (Å²) >= 11 is 0. The van der Waals surface area contributed by atoms with E-state index in [1.807, 2.05) is 0 Å². The van der Waals surface area contributed by atoms with Crippen molar-refractivity contribution in [2.75, 3.05) is 30.4 Å². The zero-order chi connectivity index (χ0) is 28.5. The summed E-state index contributed by atoms with van der Waals surface area (Å²) in [5.74, 6) is -0.709. The third kappa shape index (κ3) is 15.2. The van der Waals surface area contributed by atoms with E-state index in [2.05, 4.69) is 6.92 Å². The third-order valence-electron chi connectivity index (χ3n) is 6.43. The first-order chi connectivity index (χ1) is 17.9. The van der Waals surface area contributed by atoms with Crippen molar-refractivity contribution in [1.82, 2.24) is 0 Å². The normalized spacial score (nSPS) is 13.1. The molecule has 0 N–H and O–H groups in total. The fourth-order valence-corrected chi connectivity index (χ4v) is 6.29. The van der Waals surface area contributed by atoms with Gasteiger partial charge in [0.2, 0.25) is 13.1 Å². The van der Waals surface area contributed by atoms with Crippen molar-refractivity contribution in [3.63, 3.8) is 0 Å². The van der Waals surface area contributed by atoms with Crippen LogP contribution in [-0.4, -0.2) is 45.0 Å². The van der Waals surface area contributed by atoms with Crippen LogP contribution in [0.5, 0.6) is 5.75 Å². The molecule has 1 aromatic carbocycles. The first kappa shape index (κ1) is 34.6. The Morgan fingerprint density at radius 1 is 0.842 bits per heavy atom. The number of rotatable bonds is 21. The zero-order valence-corrected chi connectivity index (χ0v) is 24.9. The second kappa shape index (κ2) is 18.0. The molecule has 0 amide bonds. The van der Waals surface area contributed by atoms with Crippen molar-refractivity contribution in [2.45, 2.75) is 97.6 Å². The Kier molecular flexibility index (Phi) is 16.4. The molecule has 10 heteroatoms. The minimum absolute atomic E-state index is 0.0225. The van der Waals surface area contributed by atoms with Crippen LogP contribution in [-0.2, 0) is 25.3 Å². The molecule has 0 unspecified atom stereocenters. The molecule has 0 aliphatic carbocycles. The van der Waals surface area contributed by atoms with Gasteiger partial charge in [0.15, 0.2) is 9.84 Å². The Morgan fingerprint density at radius 2 is 1.37 bits per heavy atom. The summed E-state index contributed by atoms with van der Waals surface area (Å²) < 4.78 is 87.4. The highest BCUT2D eigenvalue weighted by Gasteiger charge is 2.39. The average Bonchev–Trinajstić information content (AvgIpc) is 2.87. The van der Waals surface area contributed by atoms with Crippen molar-refractivity contribution in [3.8, 4) is 5.75 Å². The van der Waals surface area contributed by atoms with Gasteiger partial charge in [0.25, 0.3) is 0 Å². The van der Waals surface area contributed by atoms with E-state index in [9.17, 15) is 26.2 Å². The highest BCUT2D eigenvalue weighted by molar-refractivity contribution is 7.91. The van der Waals surface area contributed by atoms with Crippen molar-refractivity contribution in [2.24, 2.45) is 0 Å². The standard InChI is InChI=1S/C28H46F3O5PS/c1-4-7-8-9-10-11-12-13-14-15-23-38(33,34)24-22-35-26-19-16-25(17-20-26)18-21-27(28(29,30)31)36-37(32,5-2)6-3/h16-17,19-21H,4-15,18,22-24H2,1-3H3. The molecule has 0 aliphatic heterocycles. The molecular weight excluding hydrogens is 536 g/mol. The van der Waals surface area contributed by atoms with E-state index in [0.717, 1.165) is 25.3 Å². The van der Waals surface area contributed by atoms with Gasteiger partial charge in [-0.15, -0.1) is 0 Å². The van der Waals surface area contributed by atoms with Crippen molar-refractivity contribution in [3.05, 3.63) is 41.7 Å². The first-order valence-electron chi connectivity index (χ1n) is 13.9. The second-order valence-corrected chi connectivity index (χ2v) is 15.0. The van der Waals surface area contributed by atoms with Gasteiger partial charge in [0, 0.05) is 12.3 Å². The van der Waals surface area contributed by atoms with E-state index in [0.29, 0.717) is 17.7 Å². The number of unbranched alkanes of at least 4 members (excludes halogenated alkanes) is 9. The lowest BCUT2D eigenvalue weighted by Crippen LogP contribution is -2.17. The van der Waals surface area contributed by atoms with Gasteiger partial charge in [0.05, 0.1) is 11.5 Å². The molecule has 0 saturated heterocycles. The average molecular weight is 583 g/mol. The summed E-state index contributed by atoms with van der Waals surface area (Å²) in [7, 11) is -6.56. The summed E-state index contributed by atoms with van der Waals surface area (Å²) in [6, 6.07) is 6.40. The lowest BCUT2D eigenvalue weighted by molar-refractivity contribution is -0.116. The second-order valence-electron chi connectivity index (χ2n) is 9.63. The predicted octanol–water partition coefficient (Wildman–Crippen LogP) is 8.72. The molecule has 0 aliphatic rings. The van der Waals surface area contributed by atoms with Crippen LogP contribution in [0.1, 0.15) is 90.5 Å². The minimum Gasteiger partial charge on any atom is -0.493 e. The number of ether oxygens (including phenoxy) is 1. The molecule has 0 saturated carbocycles. The van der Waals surface area contributed by atoms with Crippen LogP contribution >= 0.6 is 7.37 Å². The van der Waals surface area contributed by atoms with Gasteiger partial charge >= 0.3 is 6.18 Å². The van der Waals surface area contributed by atoms with E-state index in [-0.39, 0.29) is 36.9 Å². The molecule has 1 aromatic rings. The third-order valence-corrected chi connectivity index (χ3v) is 10.6. The number of alkyl halides is 3. The number of benzene rings is 1. The Balaban J connectivity index is 2.40. The van der Waals surface area contributed by atoms with Gasteiger partial charge in [-0.2, -0.15) is 13.2 Å². The van der Waals surface area contributed by atoms with Gasteiger partial charge in [-0.25, -0.2) is 8.42 Å². The Hall–Kier alpha value is -1.47. The van der Waals surface area contributed by atoms with Gasteiger partial charge in [-0.3, -0.25) is 4.57 Å². The van der Waals surface area contributed by atoms with E-state index < -0.39 is 29.1 Å². The molecule has 0 aromatic heterocycles. The van der Waals surface area contributed by atoms with Crippen molar-refractivity contribution < 1.29 is 35.4 Å².